The minimum Gasteiger partial charge on any atom is -0.469 e. The zero-order valence-corrected chi connectivity index (χ0v) is 15.4. The summed E-state index contributed by atoms with van der Waals surface area (Å²) < 4.78 is 13.3. The van der Waals surface area contributed by atoms with Gasteiger partial charge in [-0.05, 0) is 40.7 Å². The predicted octanol–water partition coefficient (Wildman–Crippen LogP) is 3.53. The summed E-state index contributed by atoms with van der Waals surface area (Å²) in [4.78, 5) is 7.11. The second-order valence-corrected chi connectivity index (χ2v) is 7.00. The molecule has 25 heavy (non-hydrogen) atoms. The molecule has 3 aromatic rings. The van der Waals surface area contributed by atoms with Gasteiger partial charge in [-0.1, -0.05) is 0 Å². The fourth-order valence-electron chi connectivity index (χ4n) is 3.69. The van der Waals surface area contributed by atoms with Gasteiger partial charge in [0, 0.05) is 36.0 Å². The molecule has 0 spiro atoms. The number of furan rings is 1. The SMILES string of the molecule is Cc1nc2cc(-c3ccoc3C)nn2c(N2CC(C)OC(C)C2)c1C. The standard InChI is InChI=1S/C19H24N4O2/c1-11-9-22(10-12(2)25-11)19-13(3)14(4)20-18-8-17(21-23(18)19)16-6-7-24-15(16)5/h6-8,11-12H,9-10H2,1-5H3. The molecule has 0 saturated carbocycles. The molecule has 0 N–H and O–H groups in total. The maximum absolute atomic E-state index is 5.90. The predicted molar refractivity (Wildman–Crippen MR) is 97.1 cm³/mol. The summed E-state index contributed by atoms with van der Waals surface area (Å²) in [7, 11) is 0. The van der Waals surface area contributed by atoms with Crippen molar-refractivity contribution in [3.63, 3.8) is 0 Å². The van der Waals surface area contributed by atoms with Gasteiger partial charge in [0.15, 0.2) is 5.65 Å². The van der Waals surface area contributed by atoms with E-state index in [0.29, 0.717) is 0 Å². The summed E-state index contributed by atoms with van der Waals surface area (Å²) in [6.07, 6.45) is 2.08. The lowest BCUT2D eigenvalue weighted by molar-refractivity contribution is -0.00561. The molecule has 1 fully saturated rings. The molecule has 4 heterocycles. The fraction of sp³-hybridized carbons (Fsp3) is 0.474. The molecule has 2 unspecified atom stereocenters. The highest BCUT2D eigenvalue weighted by atomic mass is 16.5. The highest BCUT2D eigenvalue weighted by Crippen LogP contribution is 2.30. The Morgan fingerprint density at radius 2 is 1.84 bits per heavy atom. The lowest BCUT2D eigenvalue weighted by atomic mass is 10.2. The minimum absolute atomic E-state index is 0.192. The Morgan fingerprint density at radius 1 is 1.12 bits per heavy atom. The van der Waals surface area contributed by atoms with E-state index >= 15 is 0 Å². The molecule has 6 heteroatoms. The van der Waals surface area contributed by atoms with Crippen molar-refractivity contribution in [2.24, 2.45) is 0 Å². The molecule has 1 aliphatic rings. The number of anilines is 1. The van der Waals surface area contributed by atoms with Crippen LogP contribution >= 0.6 is 0 Å². The summed E-state index contributed by atoms with van der Waals surface area (Å²) in [5.41, 5.74) is 4.95. The Balaban J connectivity index is 1.89. The van der Waals surface area contributed by atoms with Crippen molar-refractivity contribution in [3.8, 4) is 11.3 Å². The van der Waals surface area contributed by atoms with E-state index in [0.717, 1.165) is 52.8 Å². The average molecular weight is 340 g/mol. The fourth-order valence-corrected chi connectivity index (χ4v) is 3.69. The molecular formula is C19H24N4O2. The molecule has 132 valence electrons. The van der Waals surface area contributed by atoms with Crippen LogP contribution in [0, 0.1) is 20.8 Å². The number of ether oxygens (including phenoxy) is 1. The van der Waals surface area contributed by atoms with Gasteiger partial charge in [0.05, 0.1) is 24.2 Å². The van der Waals surface area contributed by atoms with E-state index in [1.165, 1.54) is 0 Å². The molecule has 0 bridgehead atoms. The highest BCUT2D eigenvalue weighted by molar-refractivity contribution is 5.68. The van der Waals surface area contributed by atoms with Crippen molar-refractivity contribution < 1.29 is 9.15 Å². The van der Waals surface area contributed by atoms with Crippen LogP contribution in [0.5, 0.6) is 0 Å². The summed E-state index contributed by atoms with van der Waals surface area (Å²) in [5.74, 6) is 1.98. The number of hydrogen-bond acceptors (Lipinski definition) is 5. The van der Waals surface area contributed by atoms with Crippen LogP contribution in [0.1, 0.15) is 30.9 Å². The van der Waals surface area contributed by atoms with Crippen molar-refractivity contribution in [2.45, 2.75) is 46.8 Å². The number of aromatic nitrogens is 3. The molecule has 0 radical (unpaired) electrons. The van der Waals surface area contributed by atoms with Crippen molar-refractivity contribution in [2.75, 3.05) is 18.0 Å². The van der Waals surface area contributed by atoms with Crippen molar-refractivity contribution in [1.82, 2.24) is 14.6 Å². The van der Waals surface area contributed by atoms with Crippen LogP contribution in [0.2, 0.25) is 0 Å². The monoisotopic (exact) mass is 340 g/mol. The molecule has 3 aromatic heterocycles. The van der Waals surface area contributed by atoms with E-state index in [1.54, 1.807) is 6.26 Å². The van der Waals surface area contributed by atoms with Crippen LogP contribution < -0.4 is 4.90 Å². The number of morpholine rings is 1. The van der Waals surface area contributed by atoms with Crippen LogP contribution in [-0.2, 0) is 4.74 Å². The van der Waals surface area contributed by atoms with Gasteiger partial charge in [0.1, 0.15) is 11.6 Å². The quantitative estimate of drug-likeness (QED) is 0.714. The van der Waals surface area contributed by atoms with E-state index < -0.39 is 0 Å². The second-order valence-electron chi connectivity index (χ2n) is 7.00. The number of rotatable bonds is 2. The third-order valence-electron chi connectivity index (χ3n) is 4.91. The van der Waals surface area contributed by atoms with E-state index in [9.17, 15) is 0 Å². The number of fused-ring (bicyclic) bond motifs is 1. The third kappa shape index (κ3) is 2.70. The van der Waals surface area contributed by atoms with E-state index in [2.05, 4.69) is 32.6 Å². The first kappa shape index (κ1) is 16.1. The summed E-state index contributed by atoms with van der Waals surface area (Å²) in [6.45, 7) is 12.1. The summed E-state index contributed by atoms with van der Waals surface area (Å²) in [6, 6.07) is 3.98. The molecular weight excluding hydrogens is 316 g/mol. The van der Waals surface area contributed by atoms with Gasteiger partial charge in [-0.2, -0.15) is 9.61 Å². The first-order valence-corrected chi connectivity index (χ1v) is 8.76. The first-order chi connectivity index (χ1) is 11.9. The Hall–Kier alpha value is -2.34. The Kier molecular flexibility index (Phi) is 3.80. The van der Waals surface area contributed by atoms with Gasteiger partial charge in [0.2, 0.25) is 0 Å². The Morgan fingerprint density at radius 3 is 2.48 bits per heavy atom. The molecule has 0 aliphatic carbocycles. The normalized spacial score (nSPS) is 21.2. The van der Waals surface area contributed by atoms with Crippen LogP contribution in [0.4, 0.5) is 5.82 Å². The Bertz CT molecular complexity index is 917. The molecule has 2 atom stereocenters. The largest absolute Gasteiger partial charge is 0.469 e. The maximum Gasteiger partial charge on any atom is 0.158 e. The molecule has 1 saturated heterocycles. The molecule has 4 rings (SSSR count). The lowest BCUT2D eigenvalue weighted by Gasteiger charge is -2.37. The van der Waals surface area contributed by atoms with Gasteiger partial charge in [-0.25, -0.2) is 4.98 Å². The molecule has 6 nitrogen and oxygen atoms in total. The maximum atomic E-state index is 5.90. The number of aryl methyl sites for hydroxylation is 2. The molecule has 0 amide bonds. The Labute approximate surface area is 147 Å². The third-order valence-corrected chi connectivity index (χ3v) is 4.91. The van der Waals surface area contributed by atoms with Crippen LogP contribution in [0.15, 0.2) is 22.8 Å². The van der Waals surface area contributed by atoms with Crippen LogP contribution in [0.3, 0.4) is 0 Å². The smallest absolute Gasteiger partial charge is 0.158 e. The number of nitrogens with zero attached hydrogens (tertiary/aromatic N) is 4. The van der Waals surface area contributed by atoms with Gasteiger partial charge >= 0.3 is 0 Å². The minimum atomic E-state index is 0.192. The first-order valence-electron chi connectivity index (χ1n) is 8.76. The molecule has 0 aromatic carbocycles. The average Bonchev–Trinajstić information content (AvgIpc) is 3.13. The van der Waals surface area contributed by atoms with Gasteiger partial charge in [0.25, 0.3) is 0 Å². The van der Waals surface area contributed by atoms with E-state index in [1.807, 2.05) is 23.6 Å². The summed E-state index contributed by atoms with van der Waals surface area (Å²) in [5, 5.41) is 4.85. The zero-order chi connectivity index (χ0) is 17.7. The lowest BCUT2D eigenvalue weighted by Crippen LogP contribution is -2.46. The summed E-state index contributed by atoms with van der Waals surface area (Å²) >= 11 is 0. The van der Waals surface area contributed by atoms with Crippen LogP contribution in [-0.4, -0.2) is 39.9 Å². The van der Waals surface area contributed by atoms with Crippen molar-refractivity contribution >= 4 is 11.5 Å². The van der Waals surface area contributed by atoms with E-state index in [4.69, 9.17) is 19.2 Å². The topological polar surface area (TPSA) is 55.8 Å². The van der Waals surface area contributed by atoms with Crippen LogP contribution in [0.25, 0.3) is 16.9 Å². The van der Waals surface area contributed by atoms with Gasteiger partial charge in [-0.15, -0.1) is 0 Å². The van der Waals surface area contributed by atoms with Crippen molar-refractivity contribution in [3.05, 3.63) is 35.4 Å². The van der Waals surface area contributed by atoms with Gasteiger partial charge in [-0.3, -0.25) is 0 Å². The van der Waals surface area contributed by atoms with Gasteiger partial charge < -0.3 is 14.1 Å². The highest BCUT2D eigenvalue weighted by Gasteiger charge is 2.27. The number of hydrogen-bond donors (Lipinski definition) is 0. The molecule has 1 aliphatic heterocycles. The zero-order valence-electron chi connectivity index (χ0n) is 15.4. The second kappa shape index (κ2) is 5.88. The van der Waals surface area contributed by atoms with E-state index in [-0.39, 0.29) is 12.2 Å². The van der Waals surface area contributed by atoms with Crippen molar-refractivity contribution in [1.29, 1.82) is 0 Å².